The van der Waals surface area contributed by atoms with Crippen LogP contribution in [0.2, 0.25) is 0 Å². The predicted octanol–water partition coefficient (Wildman–Crippen LogP) is 16.1. The van der Waals surface area contributed by atoms with E-state index in [1.165, 1.54) is 132 Å². The third-order valence-electron chi connectivity index (χ3n) is 14.8. The van der Waals surface area contributed by atoms with Gasteiger partial charge in [-0.1, -0.05) is 202 Å². The molecule has 1 fully saturated rings. The summed E-state index contributed by atoms with van der Waals surface area (Å²) >= 11 is 0. The first kappa shape index (κ1) is 61.8. The van der Waals surface area contributed by atoms with E-state index in [0.717, 1.165) is 44.4 Å². The molecule has 0 bridgehead atoms. The predicted molar refractivity (Wildman–Crippen MR) is 287 cm³/mol. The lowest BCUT2D eigenvalue weighted by atomic mass is 9.68. The van der Waals surface area contributed by atoms with Crippen molar-refractivity contribution in [3.05, 3.63) is 70.9 Å². The number of aliphatic hydroxyl groups excluding tert-OH is 3. The van der Waals surface area contributed by atoms with Crippen LogP contribution in [0.4, 0.5) is 0 Å². The summed E-state index contributed by atoms with van der Waals surface area (Å²) < 4.78 is 17.5. The number of carbonyl (C=O) groups excluding carboxylic acids is 1. The number of ether oxygens (including phenoxy) is 3. The molecule has 3 unspecified atom stereocenters. The van der Waals surface area contributed by atoms with Crippen LogP contribution >= 0.6 is 0 Å². The van der Waals surface area contributed by atoms with Gasteiger partial charge in [-0.15, -0.1) is 0 Å². The lowest BCUT2D eigenvalue weighted by Gasteiger charge is -2.42. The van der Waals surface area contributed by atoms with Gasteiger partial charge >= 0.3 is 5.97 Å². The van der Waals surface area contributed by atoms with Crippen molar-refractivity contribution >= 4 is 5.97 Å². The highest BCUT2D eigenvalue weighted by Crippen LogP contribution is 2.42. The first-order chi connectivity index (χ1) is 32.3. The van der Waals surface area contributed by atoms with Crippen LogP contribution in [-0.2, 0) is 19.0 Å². The number of rotatable bonds is 36. The maximum atomic E-state index is 12.5. The molecule has 2 rings (SSSR count). The zero-order chi connectivity index (χ0) is 50.4. The van der Waals surface area contributed by atoms with Gasteiger partial charge in [0.2, 0.25) is 0 Å². The average molecular weight is 952 g/mol. The molecule has 392 valence electrons. The molecule has 0 aromatic carbocycles. The van der Waals surface area contributed by atoms with E-state index in [1.54, 1.807) is 5.57 Å². The first-order valence-electron chi connectivity index (χ1n) is 27.9. The van der Waals surface area contributed by atoms with Crippen LogP contribution in [0.25, 0.3) is 0 Å². The van der Waals surface area contributed by atoms with Crippen molar-refractivity contribution in [2.24, 2.45) is 23.2 Å². The molecule has 8 atom stereocenters. The second kappa shape index (κ2) is 34.9. The lowest BCUT2D eigenvalue weighted by molar-refractivity contribution is -0.324. The highest BCUT2D eigenvalue weighted by molar-refractivity contribution is 5.69. The van der Waals surface area contributed by atoms with Crippen LogP contribution in [0.15, 0.2) is 70.9 Å². The molecule has 1 saturated heterocycles. The minimum Gasteiger partial charge on any atom is -0.463 e. The summed E-state index contributed by atoms with van der Waals surface area (Å²) in [7, 11) is 0. The number of aliphatic hydroxyl groups is 3. The Balaban J connectivity index is 1.61. The van der Waals surface area contributed by atoms with Gasteiger partial charge in [0.25, 0.3) is 0 Å². The normalized spacial score (nSPS) is 23.9. The second-order valence-electron chi connectivity index (χ2n) is 22.8. The number of hydrogen-bond donors (Lipinski definition) is 3. The molecule has 7 nitrogen and oxygen atoms in total. The summed E-state index contributed by atoms with van der Waals surface area (Å²) in [6.45, 7) is 24.5. The van der Waals surface area contributed by atoms with Gasteiger partial charge in [0.05, 0.1) is 5.60 Å². The Morgan fingerprint density at radius 1 is 0.794 bits per heavy atom. The van der Waals surface area contributed by atoms with Gasteiger partial charge in [-0.05, 0) is 123 Å². The van der Waals surface area contributed by atoms with E-state index in [0.29, 0.717) is 30.1 Å². The standard InChI is InChI=1S/C61H106O7/c1-12-13-14-15-16-17-18-19-20-21-22-23-41-55(62)66-46-54-56(63)57(64)58(65)59(67-54)68-61(10,11)45-29-39-50(5)37-27-36-49(4)35-26-33-47(2)31-24-25-32-48(3)34-28-38-51(6)42-43-53-52(7)40-30-44-60(53,8)9/h27,33,35-37,40,42-43,48,51,53-54,56-59,63-65H,12-26,28-32,34,38-39,41,44-46H2,1-11H3/b36-27+,43-42+,47-33+,49-35+,50-37+/t48?,51?,53?,54-,56-,57+,58-,59-/m1/s1. The molecule has 0 radical (unpaired) electrons. The van der Waals surface area contributed by atoms with E-state index >= 15 is 0 Å². The topological polar surface area (TPSA) is 105 Å². The Morgan fingerprint density at radius 3 is 2.07 bits per heavy atom. The van der Waals surface area contributed by atoms with Gasteiger partial charge in [-0.25, -0.2) is 0 Å². The lowest BCUT2D eigenvalue weighted by Crippen LogP contribution is -2.60. The number of esters is 1. The molecule has 1 aliphatic heterocycles. The fourth-order valence-corrected chi connectivity index (χ4v) is 9.95. The van der Waals surface area contributed by atoms with Gasteiger partial charge in [0.1, 0.15) is 31.0 Å². The Bertz CT molecular complexity index is 1550. The van der Waals surface area contributed by atoms with Crippen molar-refractivity contribution in [1.29, 1.82) is 0 Å². The monoisotopic (exact) mass is 951 g/mol. The van der Waals surface area contributed by atoms with E-state index in [1.807, 2.05) is 13.8 Å². The van der Waals surface area contributed by atoms with Crippen LogP contribution in [0.1, 0.15) is 243 Å². The Labute approximate surface area is 418 Å². The van der Waals surface area contributed by atoms with E-state index in [-0.39, 0.29) is 12.6 Å². The number of unbranched alkanes of at least 4 members (excludes halogenated alkanes) is 12. The molecule has 0 aromatic rings. The summed E-state index contributed by atoms with van der Waals surface area (Å²) in [5, 5.41) is 32.0. The SMILES string of the molecule is CCCCCCCCCCCCCCC(=O)OC[C@H]1O[C@H](OC(C)(C)CCC/C(C)=C/C=C/C(C)=C/C/C=C(\C)CCCCC(C)CCCC(C)/C=C/C2C(C)=CCCC2(C)C)[C@H](O)[C@@H](O)[C@@H]1O. The van der Waals surface area contributed by atoms with Crippen molar-refractivity contribution in [3.63, 3.8) is 0 Å². The Morgan fingerprint density at radius 2 is 1.41 bits per heavy atom. The first-order valence-corrected chi connectivity index (χ1v) is 27.9. The van der Waals surface area contributed by atoms with Gasteiger partial charge in [0.15, 0.2) is 6.29 Å². The fraction of sp³-hybridized carbons (Fsp3) is 0.787. The molecule has 2 aliphatic rings. The number of hydrogen-bond acceptors (Lipinski definition) is 7. The summed E-state index contributed by atoms with van der Waals surface area (Å²) in [5.74, 6) is 1.70. The molecule has 0 amide bonds. The summed E-state index contributed by atoms with van der Waals surface area (Å²) in [6.07, 6.45) is 42.0. The van der Waals surface area contributed by atoms with Crippen LogP contribution in [0.3, 0.4) is 0 Å². The number of allylic oxidation sites excluding steroid dienone is 12. The number of carbonyl (C=O) groups is 1. The van der Waals surface area contributed by atoms with E-state index in [4.69, 9.17) is 14.2 Å². The van der Waals surface area contributed by atoms with Crippen LogP contribution in [0, 0.1) is 23.2 Å². The third kappa shape index (κ3) is 27.4. The molecule has 7 heteroatoms. The smallest absolute Gasteiger partial charge is 0.305 e. The molecule has 0 aromatic heterocycles. The molecule has 0 saturated carbocycles. The van der Waals surface area contributed by atoms with E-state index in [9.17, 15) is 20.1 Å². The minimum absolute atomic E-state index is 0.207. The zero-order valence-corrected chi connectivity index (χ0v) is 45.8. The van der Waals surface area contributed by atoms with Crippen LogP contribution in [-0.4, -0.2) is 64.2 Å². The summed E-state index contributed by atoms with van der Waals surface area (Å²) in [4.78, 5) is 12.5. The van der Waals surface area contributed by atoms with Crippen molar-refractivity contribution in [3.8, 4) is 0 Å². The molecule has 1 heterocycles. The summed E-state index contributed by atoms with van der Waals surface area (Å²) in [5.41, 5.74) is 5.27. The van der Waals surface area contributed by atoms with Crippen molar-refractivity contribution in [2.45, 2.75) is 279 Å². The summed E-state index contributed by atoms with van der Waals surface area (Å²) in [6, 6.07) is 0. The van der Waals surface area contributed by atoms with E-state index < -0.39 is 36.3 Å². The van der Waals surface area contributed by atoms with E-state index in [2.05, 4.69) is 111 Å². The van der Waals surface area contributed by atoms with Gasteiger partial charge < -0.3 is 29.5 Å². The maximum absolute atomic E-state index is 12.5. The minimum atomic E-state index is -1.48. The molecule has 0 spiro atoms. The van der Waals surface area contributed by atoms with Crippen LogP contribution < -0.4 is 0 Å². The van der Waals surface area contributed by atoms with Crippen molar-refractivity contribution in [2.75, 3.05) is 6.61 Å². The van der Waals surface area contributed by atoms with Gasteiger partial charge in [-0.3, -0.25) is 4.79 Å². The second-order valence-corrected chi connectivity index (χ2v) is 22.8. The largest absolute Gasteiger partial charge is 0.463 e. The zero-order valence-electron chi connectivity index (χ0n) is 45.8. The van der Waals surface area contributed by atoms with Crippen molar-refractivity contribution in [1.82, 2.24) is 0 Å². The fourth-order valence-electron chi connectivity index (χ4n) is 9.95. The third-order valence-corrected chi connectivity index (χ3v) is 14.8. The van der Waals surface area contributed by atoms with Crippen LogP contribution in [0.5, 0.6) is 0 Å². The molecule has 68 heavy (non-hydrogen) atoms. The molecular weight excluding hydrogens is 845 g/mol. The highest BCUT2D eigenvalue weighted by Gasteiger charge is 2.46. The maximum Gasteiger partial charge on any atom is 0.305 e. The Kier molecular flexibility index (Phi) is 31.8. The average Bonchev–Trinajstić information content (AvgIpc) is 3.27. The molecule has 3 N–H and O–H groups in total. The van der Waals surface area contributed by atoms with Gasteiger partial charge in [-0.2, -0.15) is 0 Å². The molecular formula is C61H106O7. The van der Waals surface area contributed by atoms with Gasteiger partial charge in [0, 0.05) is 12.3 Å². The quantitative estimate of drug-likeness (QED) is 0.0249. The Hall–Kier alpha value is -2.29. The molecule has 1 aliphatic carbocycles. The van der Waals surface area contributed by atoms with Crippen molar-refractivity contribution < 1.29 is 34.3 Å². The highest BCUT2D eigenvalue weighted by atomic mass is 16.7.